The number of nitrogens with zero attached hydrogens (tertiary/aromatic N) is 2. The fourth-order valence-electron chi connectivity index (χ4n) is 3.78. The Morgan fingerprint density at radius 2 is 2.08 bits per heavy atom. The summed E-state index contributed by atoms with van der Waals surface area (Å²) in [4.78, 5) is 16.8. The number of rotatable bonds is 3. The molecule has 24 heavy (non-hydrogen) atoms. The van der Waals surface area contributed by atoms with Crippen LogP contribution in [-0.2, 0) is 4.74 Å². The highest BCUT2D eigenvalue weighted by Gasteiger charge is 2.39. The van der Waals surface area contributed by atoms with Crippen LogP contribution in [0.2, 0.25) is 0 Å². The van der Waals surface area contributed by atoms with Crippen LogP contribution in [0.4, 0.5) is 5.69 Å². The molecule has 1 spiro atoms. The number of carbonyl (C=O) groups excluding carboxylic acids is 1. The van der Waals surface area contributed by atoms with Gasteiger partial charge >= 0.3 is 0 Å². The zero-order valence-corrected chi connectivity index (χ0v) is 14.8. The van der Waals surface area contributed by atoms with E-state index in [1.54, 1.807) is 0 Å². The molecule has 2 N–H and O–H groups in total. The minimum atomic E-state index is 0.144. The fraction of sp³-hybridized carbons (Fsp3) is 0.632. The van der Waals surface area contributed by atoms with Gasteiger partial charge in [0.2, 0.25) is 0 Å². The predicted octanol–water partition coefficient (Wildman–Crippen LogP) is 2.11. The molecular formula is C19H29N3O2. The van der Waals surface area contributed by atoms with Crippen LogP contribution in [0.15, 0.2) is 24.3 Å². The molecule has 2 fully saturated rings. The van der Waals surface area contributed by atoms with Crippen LogP contribution < -0.4 is 10.6 Å². The maximum atomic E-state index is 12.8. The van der Waals surface area contributed by atoms with Crippen LogP contribution in [0.5, 0.6) is 0 Å². The van der Waals surface area contributed by atoms with Crippen molar-refractivity contribution in [2.45, 2.75) is 31.8 Å². The minimum absolute atomic E-state index is 0.144. The summed E-state index contributed by atoms with van der Waals surface area (Å²) in [5.74, 6) is 0.144. The van der Waals surface area contributed by atoms with Crippen molar-refractivity contribution in [1.82, 2.24) is 4.90 Å². The van der Waals surface area contributed by atoms with Crippen molar-refractivity contribution in [2.75, 3.05) is 45.2 Å². The van der Waals surface area contributed by atoms with Gasteiger partial charge < -0.3 is 20.3 Å². The predicted molar refractivity (Wildman–Crippen MR) is 96.4 cm³/mol. The van der Waals surface area contributed by atoms with Crippen LogP contribution >= 0.6 is 0 Å². The summed E-state index contributed by atoms with van der Waals surface area (Å²) in [6.45, 7) is 3.05. The Bertz CT molecular complexity index is 570. The van der Waals surface area contributed by atoms with Crippen LogP contribution in [-0.4, -0.2) is 57.2 Å². The molecule has 2 heterocycles. The molecule has 5 heteroatoms. The highest BCUT2D eigenvalue weighted by Crippen LogP contribution is 2.40. The van der Waals surface area contributed by atoms with Crippen LogP contribution in [0, 0.1) is 5.41 Å². The normalized spacial score (nSPS) is 23.3. The highest BCUT2D eigenvalue weighted by molar-refractivity contribution is 5.95. The van der Waals surface area contributed by atoms with Gasteiger partial charge in [-0.3, -0.25) is 4.79 Å². The van der Waals surface area contributed by atoms with Gasteiger partial charge in [0.15, 0.2) is 0 Å². The Labute approximate surface area is 144 Å². The Balaban J connectivity index is 1.60. The van der Waals surface area contributed by atoms with E-state index in [-0.39, 0.29) is 17.4 Å². The van der Waals surface area contributed by atoms with Gasteiger partial charge in [-0.05, 0) is 49.3 Å². The van der Waals surface area contributed by atoms with Gasteiger partial charge in [0.05, 0.1) is 12.7 Å². The minimum Gasteiger partial charge on any atom is -0.378 e. The summed E-state index contributed by atoms with van der Waals surface area (Å²) in [5, 5.41) is 0. The van der Waals surface area contributed by atoms with Crippen molar-refractivity contribution in [3.05, 3.63) is 29.8 Å². The molecule has 5 nitrogen and oxygen atoms in total. The Hall–Kier alpha value is -1.59. The van der Waals surface area contributed by atoms with Crippen molar-refractivity contribution in [1.29, 1.82) is 0 Å². The zero-order chi connectivity index (χ0) is 17.2. The number of anilines is 1. The fourth-order valence-corrected chi connectivity index (χ4v) is 3.78. The molecule has 1 amide bonds. The van der Waals surface area contributed by atoms with Gasteiger partial charge in [0.25, 0.3) is 5.91 Å². The Morgan fingerprint density at radius 3 is 2.67 bits per heavy atom. The lowest BCUT2D eigenvalue weighted by Crippen LogP contribution is -2.48. The van der Waals surface area contributed by atoms with Gasteiger partial charge in [-0.25, -0.2) is 0 Å². The molecule has 2 aliphatic rings. The van der Waals surface area contributed by atoms with Gasteiger partial charge in [0, 0.05) is 45.0 Å². The Morgan fingerprint density at radius 1 is 1.33 bits per heavy atom. The number of benzene rings is 1. The van der Waals surface area contributed by atoms with E-state index >= 15 is 0 Å². The maximum absolute atomic E-state index is 12.8. The molecule has 2 saturated heterocycles. The number of hydrogen-bond acceptors (Lipinski definition) is 4. The first-order valence-electron chi connectivity index (χ1n) is 8.91. The average molecular weight is 331 g/mol. The van der Waals surface area contributed by atoms with Gasteiger partial charge in [-0.15, -0.1) is 0 Å². The SMILES string of the molecule is CN(C)c1cccc(C(=O)N2CCC3(CCC(CN)OC3)CC2)c1. The van der Waals surface area contributed by atoms with Crippen molar-refractivity contribution in [3.8, 4) is 0 Å². The van der Waals surface area contributed by atoms with Gasteiger partial charge in [0.1, 0.15) is 0 Å². The summed E-state index contributed by atoms with van der Waals surface area (Å²) in [7, 11) is 3.98. The lowest BCUT2D eigenvalue weighted by molar-refractivity contribution is -0.0790. The van der Waals surface area contributed by atoms with E-state index in [1.807, 2.05) is 48.2 Å². The number of hydrogen-bond donors (Lipinski definition) is 1. The number of amides is 1. The van der Waals surface area contributed by atoms with E-state index in [2.05, 4.69) is 0 Å². The third-order valence-electron chi connectivity index (χ3n) is 5.61. The molecule has 0 aromatic heterocycles. The zero-order valence-electron chi connectivity index (χ0n) is 14.8. The second-order valence-corrected chi connectivity index (χ2v) is 7.44. The van der Waals surface area contributed by atoms with E-state index in [1.165, 1.54) is 6.42 Å². The van der Waals surface area contributed by atoms with Crippen molar-refractivity contribution < 1.29 is 9.53 Å². The first-order valence-corrected chi connectivity index (χ1v) is 8.91. The quantitative estimate of drug-likeness (QED) is 0.922. The molecule has 0 saturated carbocycles. The number of piperidine rings is 1. The standard InChI is InChI=1S/C19H29N3O2/c1-21(2)16-5-3-4-15(12-16)18(23)22-10-8-19(9-11-22)7-6-17(13-20)24-14-19/h3-5,12,17H,6-11,13-14,20H2,1-2H3. The van der Waals surface area contributed by atoms with Crippen LogP contribution in [0.1, 0.15) is 36.0 Å². The average Bonchev–Trinajstić information content (AvgIpc) is 2.62. The molecule has 1 atom stereocenters. The molecule has 0 aliphatic carbocycles. The largest absolute Gasteiger partial charge is 0.378 e. The smallest absolute Gasteiger partial charge is 0.253 e. The van der Waals surface area contributed by atoms with Crippen LogP contribution in [0.3, 0.4) is 0 Å². The molecular weight excluding hydrogens is 302 g/mol. The second kappa shape index (κ2) is 7.11. The summed E-state index contributed by atoms with van der Waals surface area (Å²) >= 11 is 0. The van der Waals surface area contributed by atoms with E-state index in [4.69, 9.17) is 10.5 Å². The molecule has 1 unspecified atom stereocenters. The van der Waals surface area contributed by atoms with Crippen molar-refractivity contribution >= 4 is 11.6 Å². The van der Waals surface area contributed by atoms with Gasteiger partial charge in [-0.1, -0.05) is 6.07 Å². The van der Waals surface area contributed by atoms with E-state index < -0.39 is 0 Å². The third kappa shape index (κ3) is 3.57. The molecule has 0 bridgehead atoms. The second-order valence-electron chi connectivity index (χ2n) is 7.44. The maximum Gasteiger partial charge on any atom is 0.253 e. The lowest BCUT2D eigenvalue weighted by Gasteiger charge is -2.45. The summed E-state index contributed by atoms with van der Waals surface area (Å²) in [5.41, 5.74) is 7.79. The lowest BCUT2D eigenvalue weighted by atomic mass is 9.73. The molecule has 3 rings (SSSR count). The number of carbonyl (C=O) groups is 1. The number of nitrogens with two attached hydrogens (primary N) is 1. The summed E-state index contributed by atoms with van der Waals surface area (Å²) in [6, 6.07) is 7.86. The summed E-state index contributed by atoms with van der Waals surface area (Å²) < 4.78 is 5.91. The monoisotopic (exact) mass is 331 g/mol. The van der Waals surface area contributed by atoms with Crippen molar-refractivity contribution in [3.63, 3.8) is 0 Å². The molecule has 1 aromatic rings. The van der Waals surface area contributed by atoms with Crippen LogP contribution in [0.25, 0.3) is 0 Å². The molecule has 0 radical (unpaired) electrons. The first-order chi connectivity index (χ1) is 11.5. The number of ether oxygens (including phenoxy) is 1. The van der Waals surface area contributed by atoms with E-state index in [0.29, 0.717) is 6.54 Å². The third-order valence-corrected chi connectivity index (χ3v) is 5.61. The highest BCUT2D eigenvalue weighted by atomic mass is 16.5. The first kappa shape index (κ1) is 17.2. The molecule has 132 valence electrons. The topological polar surface area (TPSA) is 58.8 Å². The molecule has 2 aliphatic heterocycles. The molecule has 1 aromatic carbocycles. The van der Waals surface area contributed by atoms with E-state index in [0.717, 1.165) is 50.2 Å². The van der Waals surface area contributed by atoms with Gasteiger partial charge in [-0.2, -0.15) is 0 Å². The summed E-state index contributed by atoms with van der Waals surface area (Å²) in [6.07, 6.45) is 4.51. The van der Waals surface area contributed by atoms with E-state index in [9.17, 15) is 4.79 Å². The Kier molecular flexibility index (Phi) is 5.11. The number of likely N-dealkylation sites (tertiary alicyclic amines) is 1. The van der Waals surface area contributed by atoms with Crippen molar-refractivity contribution in [2.24, 2.45) is 11.1 Å².